The summed E-state index contributed by atoms with van der Waals surface area (Å²) in [7, 11) is 2.07. The average Bonchev–Trinajstić information content (AvgIpc) is 2.56. The maximum atomic E-state index is 4.78. The van der Waals surface area contributed by atoms with E-state index in [-0.39, 0.29) is 0 Å². The Balaban J connectivity index is 2.07. The van der Waals surface area contributed by atoms with Crippen LogP contribution in [0.15, 0.2) is 78.7 Å². The van der Waals surface area contributed by atoms with Gasteiger partial charge in [0.2, 0.25) is 0 Å². The molecule has 0 unspecified atom stereocenters. The molecule has 0 atom stereocenters. The Morgan fingerprint density at radius 2 is 1.50 bits per heavy atom. The van der Waals surface area contributed by atoms with Crippen molar-refractivity contribution in [3.8, 4) is 0 Å². The molecule has 0 aliphatic carbocycles. The van der Waals surface area contributed by atoms with Gasteiger partial charge in [0, 0.05) is 29.7 Å². The molecule has 22 heavy (non-hydrogen) atoms. The van der Waals surface area contributed by atoms with Crippen molar-refractivity contribution in [3.05, 3.63) is 84.2 Å². The summed E-state index contributed by atoms with van der Waals surface area (Å²) < 4.78 is 0. The van der Waals surface area contributed by atoms with Crippen LogP contribution < -0.4 is 0 Å². The van der Waals surface area contributed by atoms with Gasteiger partial charge in [0.25, 0.3) is 0 Å². The topological polar surface area (TPSA) is 16.1 Å². The van der Waals surface area contributed by atoms with E-state index < -0.39 is 0 Å². The molecule has 0 bridgehead atoms. The average molecular weight is 284 g/mol. The van der Waals surface area contributed by atoms with E-state index in [2.05, 4.69) is 72.8 Å². The molecular weight excluding hydrogens is 268 g/mol. The monoisotopic (exact) mass is 284 g/mol. The second kappa shape index (κ2) is 5.15. The lowest BCUT2D eigenvalue weighted by molar-refractivity contribution is 0.589. The van der Waals surface area contributed by atoms with Crippen molar-refractivity contribution in [1.82, 2.24) is 9.88 Å². The molecule has 1 aliphatic heterocycles. The standard InChI is InChI=1S/C20H16N2/c1-22-13-7-6-8-15(22)14-18-16-9-2-4-11-19(16)21-20-12-5-3-10-17(18)20/h2-14H,1H3/b15-14-. The van der Waals surface area contributed by atoms with Gasteiger partial charge in [0.05, 0.1) is 11.0 Å². The number of para-hydroxylation sites is 2. The van der Waals surface area contributed by atoms with Gasteiger partial charge >= 0.3 is 0 Å². The number of fused-ring (bicyclic) bond motifs is 2. The third kappa shape index (κ3) is 2.09. The summed E-state index contributed by atoms with van der Waals surface area (Å²) in [6, 6.07) is 16.6. The van der Waals surface area contributed by atoms with Crippen molar-refractivity contribution in [3.63, 3.8) is 0 Å². The zero-order valence-electron chi connectivity index (χ0n) is 12.4. The van der Waals surface area contributed by atoms with Crippen LogP contribution in [0.4, 0.5) is 0 Å². The number of pyridine rings is 1. The summed E-state index contributed by atoms with van der Waals surface area (Å²) in [5, 5.41) is 2.37. The first kappa shape index (κ1) is 12.8. The Morgan fingerprint density at radius 1 is 0.864 bits per heavy atom. The van der Waals surface area contributed by atoms with Gasteiger partial charge in [-0.3, -0.25) is 0 Å². The summed E-state index contributed by atoms with van der Waals surface area (Å²) in [5.41, 5.74) is 4.46. The Morgan fingerprint density at radius 3 is 2.14 bits per heavy atom. The van der Waals surface area contributed by atoms with Gasteiger partial charge in [0.15, 0.2) is 0 Å². The fourth-order valence-electron chi connectivity index (χ4n) is 2.86. The lowest BCUT2D eigenvalue weighted by Crippen LogP contribution is -2.10. The highest BCUT2D eigenvalue weighted by Crippen LogP contribution is 2.28. The lowest BCUT2D eigenvalue weighted by Gasteiger charge is -2.18. The molecule has 0 fully saturated rings. The molecule has 0 N–H and O–H groups in total. The molecular formula is C20H16N2. The molecule has 1 aromatic heterocycles. The van der Waals surface area contributed by atoms with Crippen LogP contribution in [-0.2, 0) is 0 Å². The second-order valence-electron chi connectivity index (χ2n) is 5.44. The first-order valence-corrected chi connectivity index (χ1v) is 7.40. The zero-order valence-corrected chi connectivity index (χ0v) is 12.4. The quantitative estimate of drug-likeness (QED) is 0.600. The van der Waals surface area contributed by atoms with Gasteiger partial charge in [-0.15, -0.1) is 0 Å². The first-order chi connectivity index (χ1) is 10.8. The Labute approximate surface area is 129 Å². The maximum absolute atomic E-state index is 4.78. The van der Waals surface area contributed by atoms with Crippen LogP contribution in [-0.4, -0.2) is 16.9 Å². The smallest absolute Gasteiger partial charge is 0.0715 e. The highest BCUT2D eigenvalue weighted by atomic mass is 15.1. The van der Waals surface area contributed by atoms with Crippen LogP contribution in [0.5, 0.6) is 0 Å². The summed E-state index contributed by atoms with van der Waals surface area (Å²) >= 11 is 0. The molecule has 4 rings (SSSR count). The van der Waals surface area contributed by atoms with E-state index >= 15 is 0 Å². The zero-order chi connectivity index (χ0) is 14.9. The van der Waals surface area contributed by atoms with Gasteiger partial charge in [-0.1, -0.05) is 42.5 Å². The Kier molecular flexibility index (Phi) is 3.01. The minimum atomic E-state index is 1.03. The number of rotatable bonds is 1. The predicted octanol–water partition coefficient (Wildman–Crippen LogP) is 4.74. The number of aromatic nitrogens is 1. The predicted molar refractivity (Wildman–Crippen MR) is 93.3 cm³/mol. The van der Waals surface area contributed by atoms with Crippen LogP contribution in [0.2, 0.25) is 0 Å². The molecule has 3 aromatic rings. The van der Waals surface area contributed by atoms with Gasteiger partial charge < -0.3 is 4.90 Å². The normalized spacial score (nSPS) is 16.0. The van der Waals surface area contributed by atoms with Crippen LogP contribution in [0, 0.1) is 0 Å². The van der Waals surface area contributed by atoms with Crippen molar-refractivity contribution in [2.24, 2.45) is 0 Å². The van der Waals surface area contributed by atoms with E-state index in [1.165, 1.54) is 22.0 Å². The summed E-state index contributed by atoms with van der Waals surface area (Å²) in [4.78, 5) is 6.90. The van der Waals surface area contributed by atoms with E-state index in [1.807, 2.05) is 18.2 Å². The van der Waals surface area contributed by atoms with Crippen LogP contribution in [0.3, 0.4) is 0 Å². The van der Waals surface area contributed by atoms with Crippen molar-refractivity contribution in [1.29, 1.82) is 0 Å². The molecule has 0 spiro atoms. The first-order valence-electron chi connectivity index (χ1n) is 7.40. The van der Waals surface area contributed by atoms with Crippen molar-refractivity contribution >= 4 is 27.9 Å². The van der Waals surface area contributed by atoms with Crippen LogP contribution >= 0.6 is 0 Å². The molecule has 2 heteroatoms. The number of nitrogens with zero attached hydrogens (tertiary/aromatic N) is 2. The van der Waals surface area contributed by atoms with E-state index in [1.54, 1.807) is 0 Å². The molecule has 2 heterocycles. The van der Waals surface area contributed by atoms with Crippen LogP contribution in [0.25, 0.3) is 27.9 Å². The van der Waals surface area contributed by atoms with E-state index in [0.717, 1.165) is 11.0 Å². The van der Waals surface area contributed by atoms with Gasteiger partial charge in [-0.05, 0) is 35.9 Å². The fourth-order valence-corrected chi connectivity index (χ4v) is 2.86. The molecule has 0 saturated heterocycles. The van der Waals surface area contributed by atoms with Crippen LogP contribution in [0.1, 0.15) is 5.56 Å². The number of allylic oxidation sites excluding steroid dienone is 3. The van der Waals surface area contributed by atoms with E-state index in [0.29, 0.717) is 0 Å². The van der Waals surface area contributed by atoms with Crippen molar-refractivity contribution in [2.75, 3.05) is 7.05 Å². The number of hydrogen-bond donors (Lipinski definition) is 0. The summed E-state index contributed by atoms with van der Waals surface area (Å²) in [6.45, 7) is 0. The van der Waals surface area contributed by atoms with Crippen molar-refractivity contribution < 1.29 is 0 Å². The Hall–Kier alpha value is -2.87. The molecule has 1 aliphatic rings. The highest BCUT2D eigenvalue weighted by molar-refractivity contribution is 6.03. The van der Waals surface area contributed by atoms with Crippen molar-refractivity contribution in [2.45, 2.75) is 0 Å². The number of benzene rings is 2. The van der Waals surface area contributed by atoms with Gasteiger partial charge in [-0.2, -0.15) is 0 Å². The summed E-state index contributed by atoms with van der Waals surface area (Å²) in [6.07, 6.45) is 10.5. The molecule has 2 nitrogen and oxygen atoms in total. The molecule has 0 amide bonds. The molecule has 106 valence electrons. The maximum Gasteiger partial charge on any atom is 0.0715 e. The molecule has 0 saturated carbocycles. The number of likely N-dealkylation sites (N-methyl/N-ethyl adjacent to an activating group) is 1. The molecule has 0 radical (unpaired) electrons. The van der Waals surface area contributed by atoms with Gasteiger partial charge in [-0.25, -0.2) is 4.98 Å². The van der Waals surface area contributed by atoms with E-state index in [4.69, 9.17) is 4.98 Å². The second-order valence-corrected chi connectivity index (χ2v) is 5.44. The minimum absolute atomic E-state index is 1.03. The third-order valence-electron chi connectivity index (χ3n) is 4.02. The Bertz CT molecular complexity index is 894. The third-order valence-corrected chi connectivity index (χ3v) is 4.02. The fraction of sp³-hybridized carbons (Fsp3) is 0.0500. The SMILES string of the molecule is CN1C=CC=C/C1=C/c1c2ccccc2nc2ccccc12. The van der Waals surface area contributed by atoms with E-state index in [9.17, 15) is 0 Å². The number of hydrogen-bond acceptors (Lipinski definition) is 2. The summed E-state index contributed by atoms with van der Waals surface area (Å²) in [5.74, 6) is 0. The largest absolute Gasteiger partial charge is 0.351 e. The highest BCUT2D eigenvalue weighted by Gasteiger charge is 2.09. The lowest BCUT2D eigenvalue weighted by atomic mass is 10.0. The molecule has 2 aromatic carbocycles. The van der Waals surface area contributed by atoms with Gasteiger partial charge in [0.1, 0.15) is 0 Å². The minimum Gasteiger partial charge on any atom is -0.351 e.